The van der Waals surface area contributed by atoms with Gasteiger partial charge in [-0.25, -0.2) is 9.78 Å². The summed E-state index contributed by atoms with van der Waals surface area (Å²) in [6.45, 7) is 4.96. The Hall–Kier alpha value is -2.70. The number of nitrogens with zero attached hydrogens (tertiary/aromatic N) is 2. The van der Waals surface area contributed by atoms with Crippen molar-refractivity contribution in [3.63, 3.8) is 0 Å². The van der Waals surface area contributed by atoms with Crippen molar-refractivity contribution in [2.45, 2.75) is 59.1 Å². The molecule has 1 heterocycles. The summed E-state index contributed by atoms with van der Waals surface area (Å²) in [5.74, 6) is 0.491. The molecule has 0 bridgehead atoms. The molecule has 1 N–H and O–H groups in total. The van der Waals surface area contributed by atoms with E-state index in [9.17, 15) is 13.6 Å². The van der Waals surface area contributed by atoms with Crippen molar-refractivity contribution in [1.82, 2.24) is 4.98 Å². The normalized spacial score (nSPS) is 18.5. The van der Waals surface area contributed by atoms with Gasteiger partial charge in [0, 0.05) is 17.4 Å². The van der Waals surface area contributed by atoms with Crippen molar-refractivity contribution >= 4 is 17.4 Å². The molecule has 0 aliphatic heterocycles. The van der Waals surface area contributed by atoms with Crippen LogP contribution in [-0.4, -0.2) is 23.7 Å². The van der Waals surface area contributed by atoms with Crippen LogP contribution in [-0.2, 0) is 0 Å². The first-order valence-corrected chi connectivity index (χ1v) is 9.87. The predicted molar refractivity (Wildman–Crippen MR) is 110 cm³/mol. The van der Waals surface area contributed by atoms with Gasteiger partial charge in [0.1, 0.15) is 5.69 Å². The van der Waals surface area contributed by atoms with Gasteiger partial charge in [-0.05, 0) is 55.4 Å². The van der Waals surface area contributed by atoms with Crippen molar-refractivity contribution in [2.24, 2.45) is 5.92 Å². The lowest BCUT2D eigenvalue weighted by atomic mass is 9.80. The Labute approximate surface area is 170 Å². The van der Waals surface area contributed by atoms with Crippen LogP contribution in [0.4, 0.5) is 25.0 Å². The minimum atomic E-state index is -3.02. The molecule has 0 unspecified atom stereocenters. The van der Waals surface area contributed by atoms with Crippen LogP contribution >= 0.6 is 0 Å². The van der Waals surface area contributed by atoms with Gasteiger partial charge in [0.15, 0.2) is 0 Å². The number of hydrogen-bond donors (Lipinski definition) is 1. The fourth-order valence-corrected chi connectivity index (χ4v) is 3.72. The Balaban J connectivity index is 1.93. The Kier molecular flexibility index (Phi) is 6.35. The number of pyridine rings is 1. The molecule has 2 amide bonds. The summed E-state index contributed by atoms with van der Waals surface area (Å²) in [5.41, 5.74) is 2.55. The number of halogens is 2. The Morgan fingerprint density at radius 3 is 2.52 bits per heavy atom. The highest BCUT2D eigenvalue weighted by Gasteiger charge is 2.36. The average molecular weight is 403 g/mol. The molecule has 156 valence electrons. The van der Waals surface area contributed by atoms with E-state index in [0.29, 0.717) is 11.6 Å². The van der Waals surface area contributed by atoms with Crippen molar-refractivity contribution in [2.75, 3.05) is 10.2 Å². The van der Waals surface area contributed by atoms with E-state index in [1.165, 1.54) is 6.07 Å². The predicted octanol–water partition coefficient (Wildman–Crippen LogP) is 5.95. The maximum absolute atomic E-state index is 13.3. The van der Waals surface area contributed by atoms with Crippen LogP contribution in [0.3, 0.4) is 0 Å². The van der Waals surface area contributed by atoms with E-state index < -0.39 is 6.61 Å². The molecule has 7 heteroatoms. The zero-order valence-corrected chi connectivity index (χ0v) is 17.2. The molecule has 0 spiro atoms. The van der Waals surface area contributed by atoms with Crippen molar-refractivity contribution in [3.05, 3.63) is 47.7 Å². The Bertz CT molecular complexity index is 867. The third kappa shape index (κ3) is 4.83. The number of aromatic nitrogens is 1. The van der Waals surface area contributed by atoms with Crippen LogP contribution in [0.15, 0.2) is 36.4 Å². The van der Waals surface area contributed by atoms with Gasteiger partial charge in [-0.15, -0.1) is 0 Å². The number of ether oxygens (including phenoxy) is 1. The van der Waals surface area contributed by atoms with E-state index in [0.717, 1.165) is 24.1 Å². The van der Waals surface area contributed by atoms with E-state index in [1.54, 1.807) is 17.9 Å². The number of aryl methyl sites for hydroxylation is 1. The average Bonchev–Trinajstić information content (AvgIpc) is 2.62. The van der Waals surface area contributed by atoms with E-state index in [4.69, 9.17) is 0 Å². The molecule has 1 aromatic heterocycles. The molecule has 1 fully saturated rings. The van der Waals surface area contributed by atoms with Gasteiger partial charge in [0.2, 0.25) is 5.88 Å². The van der Waals surface area contributed by atoms with Crippen molar-refractivity contribution in [1.29, 1.82) is 0 Å². The second kappa shape index (κ2) is 8.76. The molecule has 1 aliphatic rings. The second-order valence-electron chi connectivity index (χ2n) is 7.93. The fraction of sp³-hybridized carbons (Fsp3) is 0.455. The molecule has 1 aromatic carbocycles. The standard InChI is InChI=1S/C22H27F2N3O2/c1-13(2)17-7-5-6-8-19(17)27(16-11-14(3)12-16)22(28)26-18-10-9-15(4)25-20(18)29-21(23)24/h5-10,13-14,16,21H,11-12H2,1-4H3,(H,26,28). The van der Waals surface area contributed by atoms with Gasteiger partial charge >= 0.3 is 12.6 Å². The SMILES string of the molecule is Cc1ccc(NC(=O)N(c2ccccc2C(C)C)C2CC(C)C2)c(OC(F)F)n1. The molecule has 29 heavy (non-hydrogen) atoms. The number of amides is 2. The first-order valence-electron chi connectivity index (χ1n) is 9.87. The molecular formula is C22H27F2N3O2. The number of alkyl halides is 2. The van der Waals surface area contributed by atoms with Crippen LogP contribution in [0.1, 0.15) is 50.8 Å². The summed E-state index contributed by atoms with van der Waals surface area (Å²) in [6, 6.07) is 10.7. The van der Waals surface area contributed by atoms with E-state index in [2.05, 4.69) is 35.8 Å². The smallest absolute Gasteiger partial charge is 0.388 e. The second-order valence-corrected chi connectivity index (χ2v) is 7.93. The number of carbonyl (C=O) groups excluding carboxylic acids is 1. The highest BCUT2D eigenvalue weighted by atomic mass is 19.3. The summed E-state index contributed by atoms with van der Waals surface area (Å²) < 4.78 is 30.1. The van der Waals surface area contributed by atoms with Gasteiger partial charge < -0.3 is 10.1 Å². The molecule has 3 rings (SSSR count). The van der Waals surface area contributed by atoms with Crippen LogP contribution in [0, 0.1) is 12.8 Å². The summed E-state index contributed by atoms with van der Waals surface area (Å²) in [5, 5.41) is 2.74. The Morgan fingerprint density at radius 1 is 1.21 bits per heavy atom. The number of rotatable bonds is 6. The Morgan fingerprint density at radius 2 is 1.90 bits per heavy atom. The van der Waals surface area contributed by atoms with Crippen LogP contribution in [0.25, 0.3) is 0 Å². The molecular weight excluding hydrogens is 376 g/mol. The van der Waals surface area contributed by atoms with Crippen LogP contribution in [0.5, 0.6) is 5.88 Å². The molecule has 1 aliphatic carbocycles. The maximum atomic E-state index is 13.3. The van der Waals surface area contributed by atoms with Crippen molar-refractivity contribution < 1.29 is 18.3 Å². The van der Waals surface area contributed by atoms with Gasteiger partial charge in [0.05, 0.1) is 0 Å². The van der Waals surface area contributed by atoms with Crippen molar-refractivity contribution in [3.8, 4) is 5.88 Å². The maximum Gasteiger partial charge on any atom is 0.388 e. The summed E-state index contributed by atoms with van der Waals surface area (Å²) in [6.07, 6.45) is 1.79. The summed E-state index contributed by atoms with van der Waals surface area (Å²) >= 11 is 0. The number of nitrogens with one attached hydrogen (secondary N) is 1. The molecule has 5 nitrogen and oxygen atoms in total. The number of urea groups is 1. The number of hydrogen-bond acceptors (Lipinski definition) is 3. The number of benzene rings is 1. The largest absolute Gasteiger partial charge is 0.415 e. The molecule has 0 radical (unpaired) electrons. The van der Waals surface area contributed by atoms with Gasteiger partial charge in [-0.3, -0.25) is 4.90 Å². The third-order valence-corrected chi connectivity index (χ3v) is 5.19. The quantitative estimate of drug-likeness (QED) is 0.648. The van der Waals surface area contributed by atoms with Crippen LogP contribution in [0.2, 0.25) is 0 Å². The van der Waals surface area contributed by atoms with E-state index in [-0.39, 0.29) is 29.6 Å². The highest BCUT2D eigenvalue weighted by molar-refractivity contribution is 6.03. The van der Waals surface area contributed by atoms with Gasteiger partial charge in [-0.1, -0.05) is 39.0 Å². The minimum Gasteiger partial charge on any atom is -0.415 e. The van der Waals surface area contributed by atoms with Gasteiger partial charge in [-0.2, -0.15) is 8.78 Å². The zero-order valence-electron chi connectivity index (χ0n) is 17.2. The molecule has 0 saturated heterocycles. The fourth-order valence-electron chi connectivity index (χ4n) is 3.72. The number of anilines is 2. The minimum absolute atomic E-state index is 0.0581. The van der Waals surface area contributed by atoms with E-state index >= 15 is 0 Å². The highest BCUT2D eigenvalue weighted by Crippen LogP contribution is 2.38. The topological polar surface area (TPSA) is 54.5 Å². The lowest BCUT2D eigenvalue weighted by molar-refractivity contribution is -0.0523. The first kappa shape index (κ1) is 21.0. The first-order chi connectivity index (χ1) is 13.8. The zero-order chi connectivity index (χ0) is 21.1. The molecule has 1 saturated carbocycles. The summed E-state index contributed by atoms with van der Waals surface area (Å²) in [4.78, 5) is 19.0. The van der Waals surface area contributed by atoms with Crippen LogP contribution < -0.4 is 15.0 Å². The monoisotopic (exact) mass is 403 g/mol. The number of carbonyl (C=O) groups is 1. The summed E-state index contributed by atoms with van der Waals surface area (Å²) in [7, 11) is 0. The van der Waals surface area contributed by atoms with Gasteiger partial charge in [0.25, 0.3) is 0 Å². The molecule has 0 atom stereocenters. The number of para-hydroxylation sites is 1. The molecule has 2 aromatic rings. The van der Waals surface area contributed by atoms with E-state index in [1.807, 2.05) is 24.3 Å². The lowest BCUT2D eigenvalue weighted by Crippen LogP contribution is -2.49. The third-order valence-electron chi connectivity index (χ3n) is 5.19. The lowest BCUT2D eigenvalue weighted by Gasteiger charge is -2.42.